The van der Waals surface area contributed by atoms with Crippen LogP contribution in [-0.2, 0) is 0 Å². The molecule has 133 valence electrons. The lowest BCUT2D eigenvalue weighted by atomic mass is 9.87. The molecule has 0 amide bonds. The molecule has 0 fully saturated rings. The number of benzene rings is 2. The van der Waals surface area contributed by atoms with Crippen LogP contribution in [0, 0.1) is 17.8 Å². The second kappa shape index (κ2) is 6.09. The van der Waals surface area contributed by atoms with Gasteiger partial charge in [0, 0.05) is 12.3 Å². The first-order chi connectivity index (χ1) is 12.3. The Hall–Kier alpha value is -1.86. The lowest BCUT2D eigenvalue weighted by molar-refractivity contribution is 0.516. The van der Waals surface area contributed by atoms with Crippen molar-refractivity contribution < 1.29 is 0 Å². The third-order valence-corrected chi connectivity index (χ3v) is 7.56. The van der Waals surface area contributed by atoms with Gasteiger partial charge in [0.15, 0.2) is 0 Å². The molecule has 1 radical (unpaired) electrons. The average Bonchev–Trinajstić information content (AvgIpc) is 3.14. The van der Waals surface area contributed by atoms with Crippen molar-refractivity contribution in [3.63, 3.8) is 0 Å². The molecule has 0 nitrogen and oxygen atoms in total. The minimum absolute atomic E-state index is 0.204. The lowest BCUT2D eigenvalue weighted by Gasteiger charge is -2.21. The van der Waals surface area contributed by atoms with E-state index in [4.69, 9.17) is 0 Å². The highest BCUT2D eigenvalue weighted by Gasteiger charge is 2.30. The van der Waals surface area contributed by atoms with Gasteiger partial charge in [0.1, 0.15) is 0 Å². The van der Waals surface area contributed by atoms with Crippen LogP contribution in [0.4, 0.5) is 0 Å². The molecule has 0 aliphatic heterocycles. The normalized spacial score (nSPS) is 18.7. The molecule has 2 aromatic rings. The summed E-state index contributed by atoms with van der Waals surface area (Å²) in [6.07, 6.45) is 7.38. The Morgan fingerprint density at radius 3 is 2.31 bits per heavy atom. The zero-order valence-electron chi connectivity index (χ0n) is 16.9. The Labute approximate surface area is 160 Å². The number of hydrogen-bond donors (Lipinski definition) is 0. The molecule has 0 spiro atoms. The van der Waals surface area contributed by atoms with Crippen LogP contribution >= 0.6 is 0 Å². The van der Waals surface area contributed by atoms with E-state index in [-0.39, 0.29) is 5.41 Å². The summed E-state index contributed by atoms with van der Waals surface area (Å²) in [7, 11) is -0.930. The topological polar surface area (TPSA) is 0 Å². The van der Waals surface area contributed by atoms with Gasteiger partial charge < -0.3 is 0 Å². The minimum atomic E-state index is -0.930. The summed E-state index contributed by atoms with van der Waals surface area (Å²) in [5.41, 5.74) is 10.3. The molecule has 0 saturated heterocycles. The Balaban J connectivity index is 1.92. The molecule has 2 aliphatic carbocycles. The second-order valence-electron chi connectivity index (χ2n) is 9.14. The molecular formula is C25H29Si. The van der Waals surface area contributed by atoms with E-state index >= 15 is 0 Å². The molecule has 0 aromatic heterocycles. The summed E-state index contributed by atoms with van der Waals surface area (Å²) in [6, 6.07) is 13.6. The fourth-order valence-electron chi connectivity index (χ4n) is 4.32. The van der Waals surface area contributed by atoms with E-state index in [1.165, 1.54) is 39.0 Å². The SMILES string of the molecule is CC1C=C(C(C)(C)C)C=C1c1c([SiH](C)C)ccc2c1[CH]c1ccccc1-2. The fourth-order valence-corrected chi connectivity index (χ4v) is 5.70. The van der Waals surface area contributed by atoms with Crippen molar-refractivity contribution in [2.75, 3.05) is 0 Å². The third kappa shape index (κ3) is 2.73. The Morgan fingerprint density at radius 1 is 0.923 bits per heavy atom. The van der Waals surface area contributed by atoms with Crippen LogP contribution in [-0.4, -0.2) is 8.80 Å². The quantitative estimate of drug-likeness (QED) is 0.496. The molecule has 2 aromatic carbocycles. The Bertz CT molecular complexity index is 935. The van der Waals surface area contributed by atoms with Crippen molar-refractivity contribution in [2.45, 2.75) is 40.8 Å². The smallest absolute Gasteiger partial charge is 0.0655 e. The maximum atomic E-state index is 2.48. The van der Waals surface area contributed by atoms with Crippen molar-refractivity contribution in [3.8, 4) is 11.1 Å². The molecule has 0 heterocycles. The van der Waals surface area contributed by atoms with E-state index in [0.717, 1.165) is 0 Å². The van der Waals surface area contributed by atoms with E-state index in [0.29, 0.717) is 5.92 Å². The van der Waals surface area contributed by atoms with Crippen molar-refractivity contribution in [3.05, 3.63) is 77.2 Å². The largest absolute Gasteiger partial charge is 0.0735 e. The van der Waals surface area contributed by atoms with Crippen LogP contribution in [0.5, 0.6) is 0 Å². The Kier molecular flexibility index (Phi) is 4.11. The van der Waals surface area contributed by atoms with Crippen molar-refractivity contribution >= 4 is 19.6 Å². The molecule has 1 atom stereocenters. The highest BCUT2D eigenvalue weighted by molar-refractivity contribution is 6.71. The fraction of sp³-hybridized carbons (Fsp3) is 0.320. The van der Waals surface area contributed by atoms with Crippen molar-refractivity contribution in [1.29, 1.82) is 0 Å². The lowest BCUT2D eigenvalue weighted by Crippen LogP contribution is -2.28. The van der Waals surface area contributed by atoms with Gasteiger partial charge in [-0.2, -0.15) is 0 Å². The van der Waals surface area contributed by atoms with Gasteiger partial charge in [-0.1, -0.05) is 94.5 Å². The summed E-state index contributed by atoms with van der Waals surface area (Å²) >= 11 is 0. The maximum absolute atomic E-state index is 2.48. The van der Waals surface area contributed by atoms with Crippen LogP contribution in [0.2, 0.25) is 13.1 Å². The summed E-state index contributed by atoms with van der Waals surface area (Å²) in [5.74, 6) is 0.485. The second-order valence-corrected chi connectivity index (χ2v) is 12.1. The van der Waals surface area contributed by atoms with Crippen LogP contribution in [0.15, 0.2) is 54.1 Å². The van der Waals surface area contributed by atoms with Crippen LogP contribution < -0.4 is 5.19 Å². The zero-order chi connectivity index (χ0) is 18.6. The van der Waals surface area contributed by atoms with Crippen LogP contribution in [0.3, 0.4) is 0 Å². The molecule has 0 bridgehead atoms. The van der Waals surface area contributed by atoms with E-state index in [2.05, 4.69) is 95.8 Å². The van der Waals surface area contributed by atoms with Gasteiger partial charge in [-0.15, -0.1) is 0 Å². The van der Waals surface area contributed by atoms with Gasteiger partial charge in [-0.05, 0) is 44.4 Å². The summed E-state index contributed by atoms with van der Waals surface area (Å²) in [5, 5.41) is 1.61. The molecule has 1 heteroatoms. The summed E-state index contributed by atoms with van der Waals surface area (Å²) in [6.45, 7) is 14.2. The average molecular weight is 358 g/mol. The number of allylic oxidation sites excluding steroid dienone is 4. The van der Waals surface area contributed by atoms with E-state index in [1.54, 1.807) is 5.19 Å². The molecule has 4 rings (SSSR count). The standard InChI is InChI=1S/C25H29Si/c1-16-13-18(25(2,3)4)15-21(16)24-22-14-17-9-7-8-10-19(17)20(22)11-12-23(24)26(5)6/h7-16,26H,1-6H3. The molecule has 0 N–H and O–H groups in total. The van der Waals surface area contributed by atoms with E-state index < -0.39 is 8.80 Å². The summed E-state index contributed by atoms with van der Waals surface area (Å²) in [4.78, 5) is 0. The van der Waals surface area contributed by atoms with Crippen molar-refractivity contribution in [2.24, 2.45) is 11.3 Å². The summed E-state index contributed by atoms with van der Waals surface area (Å²) < 4.78 is 0. The Morgan fingerprint density at radius 2 is 1.65 bits per heavy atom. The first kappa shape index (κ1) is 17.5. The van der Waals surface area contributed by atoms with Gasteiger partial charge in [0.25, 0.3) is 0 Å². The third-order valence-electron chi connectivity index (χ3n) is 5.84. The predicted molar refractivity (Wildman–Crippen MR) is 118 cm³/mol. The van der Waals surface area contributed by atoms with Crippen LogP contribution in [0.25, 0.3) is 16.7 Å². The monoisotopic (exact) mass is 357 g/mol. The predicted octanol–water partition coefficient (Wildman–Crippen LogP) is 5.97. The van der Waals surface area contributed by atoms with E-state index in [9.17, 15) is 0 Å². The molecule has 26 heavy (non-hydrogen) atoms. The highest BCUT2D eigenvalue weighted by Crippen LogP contribution is 2.45. The van der Waals surface area contributed by atoms with Gasteiger partial charge in [0.2, 0.25) is 0 Å². The van der Waals surface area contributed by atoms with Gasteiger partial charge >= 0.3 is 0 Å². The number of rotatable bonds is 2. The number of fused-ring (bicyclic) bond motifs is 3. The van der Waals surface area contributed by atoms with E-state index in [1.807, 2.05) is 0 Å². The first-order valence-electron chi connectivity index (χ1n) is 9.82. The highest BCUT2D eigenvalue weighted by atomic mass is 28.3. The molecule has 0 saturated carbocycles. The zero-order valence-corrected chi connectivity index (χ0v) is 18.0. The van der Waals surface area contributed by atoms with Crippen molar-refractivity contribution in [1.82, 2.24) is 0 Å². The molecule has 2 aliphatic rings. The first-order valence-corrected chi connectivity index (χ1v) is 12.7. The van der Waals surface area contributed by atoms with Gasteiger partial charge in [-0.25, -0.2) is 0 Å². The molecular weight excluding hydrogens is 328 g/mol. The molecule has 1 unspecified atom stereocenters. The van der Waals surface area contributed by atoms with Gasteiger partial charge in [0.05, 0.1) is 8.80 Å². The number of hydrogen-bond acceptors (Lipinski definition) is 0. The van der Waals surface area contributed by atoms with Gasteiger partial charge in [-0.3, -0.25) is 0 Å². The van der Waals surface area contributed by atoms with Crippen LogP contribution in [0.1, 0.15) is 44.4 Å². The maximum Gasteiger partial charge on any atom is 0.0655 e. The minimum Gasteiger partial charge on any atom is -0.0735 e.